The number of carbonyl (C=O) groups excluding carboxylic acids is 4. The van der Waals surface area contributed by atoms with Crippen LogP contribution < -0.4 is 15.4 Å². The number of fused-ring (bicyclic) bond motifs is 2. The van der Waals surface area contributed by atoms with Crippen molar-refractivity contribution in [2.45, 2.75) is 76.5 Å². The van der Waals surface area contributed by atoms with E-state index in [0.29, 0.717) is 66.4 Å². The van der Waals surface area contributed by atoms with E-state index in [1.54, 1.807) is 28.3 Å². The van der Waals surface area contributed by atoms with Crippen LogP contribution in [0.3, 0.4) is 0 Å². The number of nitrogens with zero attached hydrogens (tertiary/aromatic N) is 4. The quantitative estimate of drug-likeness (QED) is 0.177. The second kappa shape index (κ2) is 16.8. The number of amides is 4. The van der Waals surface area contributed by atoms with Crippen molar-refractivity contribution in [1.82, 2.24) is 30.4 Å². The first-order valence-electron chi connectivity index (χ1n) is 19.2. The fourth-order valence-corrected chi connectivity index (χ4v) is 8.16. The molecule has 15 nitrogen and oxygen atoms in total. The van der Waals surface area contributed by atoms with Gasteiger partial charge in [-0.25, -0.2) is 19.0 Å². The lowest BCUT2D eigenvalue weighted by Gasteiger charge is -2.31. The van der Waals surface area contributed by atoms with Gasteiger partial charge in [0.25, 0.3) is 0 Å². The molecule has 4 aliphatic rings. The standard InChI is InChI=1S/C41H48FN7O8/c1-22(2)36(47-41(53)56-5)39(51)48-12-6-8-32(48)29-17-26(19-43-29)27-18-35-25(16-28(27)42)15-24-14-23(10-11-34(24)57-35)30-20-44-37(45-30)33-9-7-13-49(33)38(50)31(21-54-3)46-40(52)55-4/h10-11,14,16,18-20,22,31-33,36H,6-9,12-13,15,17,21H2,1-5H3,(H,44,45)(H,46,52)(H,47,53)/t31-,32-,33-,36-/m0/s1. The Morgan fingerprint density at radius 3 is 2.33 bits per heavy atom. The summed E-state index contributed by atoms with van der Waals surface area (Å²) in [6.07, 6.45) is 5.88. The molecule has 4 atom stereocenters. The number of ether oxygens (including phenoxy) is 4. The first-order valence-corrected chi connectivity index (χ1v) is 19.2. The molecule has 1 aromatic heterocycles. The van der Waals surface area contributed by atoms with E-state index >= 15 is 4.39 Å². The van der Waals surface area contributed by atoms with E-state index in [2.05, 4.69) is 25.6 Å². The molecule has 3 aromatic rings. The third kappa shape index (κ3) is 8.08. The van der Waals surface area contributed by atoms with Crippen molar-refractivity contribution >= 4 is 35.3 Å². The normalized spacial score (nSPS) is 19.6. The number of aliphatic imine (C=N–C) groups is 1. The number of rotatable bonds is 11. The highest BCUT2D eigenvalue weighted by atomic mass is 19.1. The number of hydrogen-bond acceptors (Lipinski definition) is 10. The summed E-state index contributed by atoms with van der Waals surface area (Å²) < 4.78 is 36.9. The highest BCUT2D eigenvalue weighted by Gasteiger charge is 2.39. The minimum absolute atomic E-state index is 0.000851. The number of halogens is 1. The molecule has 16 heteroatoms. The predicted molar refractivity (Wildman–Crippen MR) is 207 cm³/mol. The van der Waals surface area contributed by atoms with E-state index in [1.807, 2.05) is 32.0 Å². The molecule has 3 N–H and O–H groups in total. The van der Waals surface area contributed by atoms with Crippen molar-refractivity contribution < 1.29 is 42.5 Å². The SMILES string of the molecule is COC[C@H](NC(=O)OC)C(=O)N1CCC[C@H]1c1ncc(-c2ccc3c(c2)Cc2cc(F)c(C4=CN=C([C@@H]5CCCN5C(=O)[C@@H](NC(=O)OC)C(C)C)C4)cc2O3)[nH]1. The van der Waals surface area contributed by atoms with Crippen LogP contribution in [0.5, 0.6) is 11.5 Å². The molecule has 0 radical (unpaired) electrons. The number of alkyl carbamates (subject to hydrolysis) is 2. The molecule has 0 spiro atoms. The molecular weight excluding hydrogens is 737 g/mol. The molecule has 2 fully saturated rings. The van der Waals surface area contributed by atoms with Crippen molar-refractivity contribution in [3.63, 3.8) is 0 Å². The molecule has 4 amide bonds. The van der Waals surface area contributed by atoms with Gasteiger partial charge in [0.2, 0.25) is 11.8 Å². The van der Waals surface area contributed by atoms with Crippen LogP contribution in [0.25, 0.3) is 16.8 Å². The molecular formula is C41H48FN7O8. The Kier molecular flexibility index (Phi) is 11.6. The van der Waals surface area contributed by atoms with Gasteiger partial charge in [0, 0.05) is 61.6 Å². The zero-order chi connectivity index (χ0) is 40.4. The molecule has 0 saturated carbocycles. The summed E-state index contributed by atoms with van der Waals surface area (Å²) in [5.41, 5.74) is 5.10. The smallest absolute Gasteiger partial charge is 0.407 e. The molecule has 0 bridgehead atoms. The van der Waals surface area contributed by atoms with Crippen molar-refractivity contribution in [2.24, 2.45) is 10.9 Å². The topological polar surface area (TPSA) is 177 Å². The summed E-state index contributed by atoms with van der Waals surface area (Å²) in [6.45, 7) is 4.80. The van der Waals surface area contributed by atoms with Crippen molar-refractivity contribution in [2.75, 3.05) is 41.0 Å². The van der Waals surface area contributed by atoms with Gasteiger partial charge < -0.3 is 44.4 Å². The van der Waals surface area contributed by atoms with Gasteiger partial charge in [-0.2, -0.15) is 0 Å². The van der Waals surface area contributed by atoms with E-state index in [9.17, 15) is 19.2 Å². The molecule has 7 rings (SSSR count). The molecule has 2 aromatic carbocycles. The number of carbonyl (C=O) groups is 4. The van der Waals surface area contributed by atoms with E-state index in [4.69, 9.17) is 18.9 Å². The summed E-state index contributed by atoms with van der Waals surface area (Å²) in [4.78, 5) is 67.1. The molecule has 0 unspecified atom stereocenters. The van der Waals surface area contributed by atoms with Gasteiger partial charge in [-0.05, 0) is 73.1 Å². The maximum Gasteiger partial charge on any atom is 0.407 e. The van der Waals surface area contributed by atoms with Crippen LogP contribution in [-0.4, -0.2) is 109 Å². The number of nitrogens with one attached hydrogen (secondary N) is 3. The zero-order valence-corrected chi connectivity index (χ0v) is 32.7. The lowest BCUT2D eigenvalue weighted by atomic mass is 9.93. The number of H-pyrrole nitrogens is 1. The molecule has 5 heterocycles. The van der Waals surface area contributed by atoms with Crippen molar-refractivity contribution in [1.29, 1.82) is 0 Å². The minimum Gasteiger partial charge on any atom is -0.457 e. The number of imidazole rings is 1. The summed E-state index contributed by atoms with van der Waals surface area (Å²) in [5.74, 6) is 0.862. The Balaban J connectivity index is 1.02. The highest BCUT2D eigenvalue weighted by molar-refractivity contribution is 6.04. The molecule has 302 valence electrons. The molecule has 4 aliphatic heterocycles. The van der Waals surface area contributed by atoms with Gasteiger partial charge in [0.05, 0.1) is 44.8 Å². The Morgan fingerprint density at radius 2 is 1.61 bits per heavy atom. The lowest BCUT2D eigenvalue weighted by Crippen LogP contribution is -2.53. The Morgan fingerprint density at radius 1 is 0.912 bits per heavy atom. The van der Waals surface area contributed by atoms with Crippen LogP contribution in [0.4, 0.5) is 14.0 Å². The van der Waals surface area contributed by atoms with E-state index < -0.39 is 24.3 Å². The lowest BCUT2D eigenvalue weighted by molar-refractivity contribution is -0.136. The van der Waals surface area contributed by atoms with Crippen LogP contribution in [0, 0.1) is 11.7 Å². The summed E-state index contributed by atoms with van der Waals surface area (Å²) in [6, 6.07) is 6.86. The fourth-order valence-electron chi connectivity index (χ4n) is 8.16. The van der Waals surface area contributed by atoms with E-state index in [0.717, 1.165) is 41.8 Å². The number of benzene rings is 2. The maximum absolute atomic E-state index is 15.9. The number of methoxy groups -OCH3 is 3. The first kappa shape index (κ1) is 39.5. The number of likely N-dealkylation sites (tertiary alicyclic amines) is 2. The minimum atomic E-state index is -0.898. The van der Waals surface area contributed by atoms with Gasteiger partial charge in [-0.15, -0.1) is 0 Å². The average Bonchev–Trinajstić information content (AvgIpc) is 4.05. The Bertz CT molecular complexity index is 2120. The summed E-state index contributed by atoms with van der Waals surface area (Å²) in [7, 11) is 3.97. The van der Waals surface area contributed by atoms with E-state index in [1.165, 1.54) is 27.4 Å². The van der Waals surface area contributed by atoms with Crippen LogP contribution in [0.15, 0.2) is 47.7 Å². The van der Waals surface area contributed by atoms with Crippen molar-refractivity contribution in [3.8, 4) is 22.8 Å². The third-order valence-corrected chi connectivity index (χ3v) is 11.1. The van der Waals surface area contributed by atoms with E-state index in [-0.39, 0.29) is 42.2 Å². The molecule has 57 heavy (non-hydrogen) atoms. The molecule has 2 saturated heterocycles. The number of aromatic amines is 1. The van der Waals surface area contributed by atoms with Gasteiger partial charge >= 0.3 is 12.2 Å². The van der Waals surface area contributed by atoms with Crippen LogP contribution in [-0.2, 0) is 30.2 Å². The summed E-state index contributed by atoms with van der Waals surface area (Å²) in [5, 5.41) is 5.23. The number of aromatic nitrogens is 2. The third-order valence-electron chi connectivity index (χ3n) is 11.1. The highest BCUT2D eigenvalue weighted by Crippen LogP contribution is 2.42. The Hall–Kier alpha value is -5.77. The second-order valence-corrected chi connectivity index (χ2v) is 15.1. The van der Waals surface area contributed by atoms with Crippen LogP contribution in [0.1, 0.15) is 74.5 Å². The number of hydrogen-bond donors (Lipinski definition) is 3. The Labute approximate surface area is 330 Å². The second-order valence-electron chi connectivity index (χ2n) is 15.1. The monoisotopic (exact) mass is 785 g/mol. The molecule has 0 aliphatic carbocycles. The summed E-state index contributed by atoms with van der Waals surface area (Å²) >= 11 is 0. The van der Waals surface area contributed by atoms with Gasteiger partial charge in [0.15, 0.2) is 0 Å². The largest absolute Gasteiger partial charge is 0.457 e. The fraction of sp³-hybridized carbons (Fsp3) is 0.463. The van der Waals surface area contributed by atoms with Gasteiger partial charge in [-0.1, -0.05) is 13.8 Å². The zero-order valence-electron chi connectivity index (χ0n) is 32.7. The first-order chi connectivity index (χ1) is 27.5. The number of allylic oxidation sites excluding steroid dienone is 1. The van der Waals surface area contributed by atoms with Crippen molar-refractivity contribution in [3.05, 3.63) is 71.1 Å². The van der Waals surface area contributed by atoms with Gasteiger partial charge in [0.1, 0.15) is 35.2 Å². The predicted octanol–water partition coefficient (Wildman–Crippen LogP) is 5.50. The van der Waals surface area contributed by atoms with Crippen LogP contribution >= 0.6 is 0 Å². The maximum atomic E-state index is 15.9. The van der Waals surface area contributed by atoms with Gasteiger partial charge in [-0.3, -0.25) is 14.6 Å². The van der Waals surface area contributed by atoms with Crippen LogP contribution in [0.2, 0.25) is 0 Å². The average molecular weight is 786 g/mol.